The van der Waals surface area contributed by atoms with Crippen molar-refractivity contribution in [2.24, 2.45) is 11.1 Å². The van der Waals surface area contributed by atoms with Gasteiger partial charge >= 0.3 is 0 Å². The number of likely N-dealkylation sites (tertiary alicyclic amines) is 1. The molecule has 0 aromatic heterocycles. The maximum absolute atomic E-state index is 12.0. The van der Waals surface area contributed by atoms with E-state index >= 15 is 0 Å². The van der Waals surface area contributed by atoms with Crippen LogP contribution in [0.15, 0.2) is 0 Å². The zero-order valence-corrected chi connectivity index (χ0v) is 11.5. The van der Waals surface area contributed by atoms with Gasteiger partial charge in [-0.15, -0.1) is 12.4 Å². The van der Waals surface area contributed by atoms with E-state index in [-0.39, 0.29) is 29.8 Å². The van der Waals surface area contributed by atoms with Gasteiger partial charge in [0.15, 0.2) is 0 Å². The predicted octanol–water partition coefficient (Wildman–Crippen LogP) is 2.18. The summed E-state index contributed by atoms with van der Waals surface area (Å²) < 4.78 is 0. The number of nitrogens with two attached hydrogens (primary N) is 1. The van der Waals surface area contributed by atoms with Gasteiger partial charge in [-0.25, -0.2) is 0 Å². The Morgan fingerprint density at radius 3 is 2.62 bits per heavy atom. The van der Waals surface area contributed by atoms with Crippen LogP contribution in [-0.2, 0) is 4.79 Å². The van der Waals surface area contributed by atoms with Gasteiger partial charge in [0.1, 0.15) is 0 Å². The molecule has 2 N–H and O–H groups in total. The van der Waals surface area contributed by atoms with Crippen LogP contribution in [-0.4, -0.2) is 29.9 Å². The van der Waals surface area contributed by atoms with Crippen LogP contribution in [0.4, 0.5) is 0 Å². The fraction of sp³-hybridized carbons (Fsp3) is 0.917. The quantitative estimate of drug-likeness (QED) is 0.832. The molecule has 1 heterocycles. The van der Waals surface area contributed by atoms with Crippen molar-refractivity contribution in [1.82, 2.24) is 4.90 Å². The molecule has 16 heavy (non-hydrogen) atoms. The summed E-state index contributed by atoms with van der Waals surface area (Å²) >= 11 is 0. The lowest BCUT2D eigenvalue weighted by atomic mass is 9.86. The average molecular weight is 249 g/mol. The number of amides is 1. The Balaban J connectivity index is 0.00000225. The van der Waals surface area contributed by atoms with E-state index in [0.29, 0.717) is 6.42 Å². The number of carbonyl (C=O) groups is 1. The van der Waals surface area contributed by atoms with Crippen molar-refractivity contribution in [1.29, 1.82) is 0 Å². The van der Waals surface area contributed by atoms with Gasteiger partial charge in [0.25, 0.3) is 0 Å². The molecule has 0 bridgehead atoms. The lowest BCUT2D eigenvalue weighted by molar-refractivity contribution is -0.134. The molecule has 1 atom stereocenters. The van der Waals surface area contributed by atoms with Crippen molar-refractivity contribution < 1.29 is 4.79 Å². The number of hydrogen-bond acceptors (Lipinski definition) is 2. The smallest absolute Gasteiger partial charge is 0.223 e. The van der Waals surface area contributed by atoms with E-state index in [1.807, 2.05) is 4.90 Å². The lowest BCUT2D eigenvalue weighted by Gasteiger charge is -2.33. The normalized spacial score (nSPS) is 21.5. The van der Waals surface area contributed by atoms with Crippen LogP contribution in [0.3, 0.4) is 0 Å². The van der Waals surface area contributed by atoms with Gasteiger partial charge < -0.3 is 10.6 Å². The summed E-state index contributed by atoms with van der Waals surface area (Å²) in [7, 11) is 0. The largest absolute Gasteiger partial charge is 0.341 e. The molecule has 4 heteroatoms. The molecule has 1 rings (SSSR count). The molecule has 1 aliphatic heterocycles. The van der Waals surface area contributed by atoms with E-state index in [1.54, 1.807) is 0 Å². The monoisotopic (exact) mass is 248 g/mol. The Bertz CT molecular complexity index is 231. The molecule has 0 aliphatic carbocycles. The number of rotatable bonds is 3. The summed E-state index contributed by atoms with van der Waals surface area (Å²) in [5, 5.41) is 0. The first-order valence-corrected chi connectivity index (χ1v) is 5.98. The standard InChI is InChI=1S/C12H24N2O.ClH/c1-4-12(2,3)8-11(15)14-7-5-6-10(13)9-14;/h10H,4-9,13H2,1-3H3;1H/t10-;/m1./s1. The van der Waals surface area contributed by atoms with Gasteiger partial charge in [-0.3, -0.25) is 4.79 Å². The molecular weight excluding hydrogens is 224 g/mol. The second-order valence-electron chi connectivity index (χ2n) is 5.44. The Morgan fingerprint density at radius 1 is 1.50 bits per heavy atom. The van der Waals surface area contributed by atoms with Gasteiger partial charge in [-0.1, -0.05) is 27.2 Å². The molecule has 0 aromatic carbocycles. The Morgan fingerprint density at radius 2 is 2.12 bits per heavy atom. The molecular formula is C12H25ClN2O. The number of nitrogens with zero attached hydrogens (tertiary/aromatic N) is 1. The number of carbonyl (C=O) groups excluding carboxylic acids is 1. The summed E-state index contributed by atoms with van der Waals surface area (Å²) in [6.07, 6.45) is 3.80. The molecule has 0 radical (unpaired) electrons. The van der Waals surface area contributed by atoms with E-state index in [1.165, 1.54) is 0 Å². The van der Waals surface area contributed by atoms with Crippen LogP contribution < -0.4 is 5.73 Å². The molecule has 1 amide bonds. The molecule has 0 aromatic rings. The highest BCUT2D eigenvalue weighted by atomic mass is 35.5. The highest BCUT2D eigenvalue weighted by Gasteiger charge is 2.26. The van der Waals surface area contributed by atoms with Gasteiger partial charge in [0, 0.05) is 25.6 Å². The second-order valence-corrected chi connectivity index (χ2v) is 5.44. The van der Waals surface area contributed by atoms with E-state index < -0.39 is 0 Å². The first-order valence-electron chi connectivity index (χ1n) is 5.98. The van der Waals surface area contributed by atoms with Crippen molar-refractivity contribution >= 4 is 18.3 Å². The summed E-state index contributed by atoms with van der Waals surface area (Å²) in [5.41, 5.74) is 5.99. The minimum absolute atomic E-state index is 0. The van der Waals surface area contributed by atoms with Crippen LogP contribution >= 0.6 is 12.4 Å². The maximum Gasteiger partial charge on any atom is 0.223 e. The van der Waals surface area contributed by atoms with Crippen LogP contribution in [0.1, 0.15) is 46.5 Å². The van der Waals surface area contributed by atoms with Gasteiger partial charge in [0.2, 0.25) is 5.91 Å². The highest BCUT2D eigenvalue weighted by Crippen LogP contribution is 2.26. The zero-order valence-electron chi connectivity index (χ0n) is 10.7. The van der Waals surface area contributed by atoms with Gasteiger partial charge in [-0.2, -0.15) is 0 Å². The molecule has 1 fully saturated rings. The van der Waals surface area contributed by atoms with Crippen LogP contribution in [0.2, 0.25) is 0 Å². The van der Waals surface area contributed by atoms with Crippen molar-refractivity contribution in [3.8, 4) is 0 Å². The maximum atomic E-state index is 12.0. The third kappa shape index (κ3) is 4.71. The summed E-state index contributed by atoms with van der Waals surface area (Å²) in [5.74, 6) is 0.275. The lowest BCUT2D eigenvalue weighted by Crippen LogP contribution is -2.46. The highest BCUT2D eigenvalue weighted by molar-refractivity contribution is 5.85. The average Bonchev–Trinajstić information content (AvgIpc) is 2.17. The minimum atomic E-state index is 0. The fourth-order valence-electron chi connectivity index (χ4n) is 1.88. The summed E-state index contributed by atoms with van der Waals surface area (Å²) in [6, 6.07) is 0.187. The van der Waals surface area contributed by atoms with Crippen molar-refractivity contribution in [2.45, 2.75) is 52.5 Å². The van der Waals surface area contributed by atoms with E-state index in [9.17, 15) is 4.79 Å². The number of piperidine rings is 1. The topological polar surface area (TPSA) is 46.3 Å². The molecule has 0 saturated carbocycles. The van der Waals surface area contributed by atoms with E-state index in [0.717, 1.165) is 32.4 Å². The molecule has 1 saturated heterocycles. The van der Waals surface area contributed by atoms with Crippen LogP contribution in [0, 0.1) is 5.41 Å². The summed E-state index contributed by atoms with van der Waals surface area (Å²) in [4.78, 5) is 13.9. The zero-order chi connectivity index (χ0) is 11.5. The first kappa shape index (κ1) is 15.7. The van der Waals surface area contributed by atoms with Gasteiger partial charge in [-0.05, 0) is 18.3 Å². The van der Waals surface area contributed by atoms with Crippen LogP contribution in [0.25, 0.3) is 0 Å². The molecule has 1 aliphatic rings. The molecule has 0 unspecified atom stereocenters. The third-order valence-corrected chi connectivity index (χ3v) is 3.40. The SMILES string of the molecule is CCC(C)(C)CC(=O)N1CCC[C@@H](N)C1.Cl. The van der Waals surface area contributed by atoms with E-state index in [2.05, 4.69) is 20.8 Å². The fourth-order valence-corrected chi connectivity index (χ4v) is 1.88. The number of hydrogen-bond donors (Lipinski definition) is 1. The van der Waals surface area contributed by atoms with Crippen molar-refractivity contribution in [3.63, 3.8) is 0 Å². The van der Waals surface area contributed by atoms with Gasteiger partial charge in [0.05, 0.1) is 0 Å². The molecule has 96 valence electrons. The molecule has 3 nitrogen and oxygen atoms in total. The Hall–Kier alpha value is -0.280. The number of halogens is 1. The first-order chi connectivity index (χ1) is 6.94. The summed E-state index contributed by atoms with van der Waals surface area (Å²) in [6.45, 7) is 8.07. The molecule has 0 spiro atoms. The Kier molecular flexibility index (Phi) is 6.34. The second kappa shape index (κ2) is 6.45. The Labute approximate surface area is 105 Å². The van der Waals surface area contributed by atoms with Crippen molar-refractivity contribution in [2.75, 3.05) is 13.1 Å². The van der Waals surface area contributed by atoms with E-state index in [4.69, 9.17) is 5.73 Å². The minimum Gasteiger partial charge on any atom is -0.341 e. The van der Waals surface area contributed by atoms with Crippen LogP contribution in [0.5, 0.6) is 0 Å². The third-order valence-electron chi connectivity index (χ3n) is 3.40. The predicted molar refractivity (Wildman–Crippen MR) is 69.7 cm³/mol. The van der Waals surface area contributed by atoms with Crippen molar-refractivity contribution in [3.05, 3.63) is 0 Å².